The van der Waals surface area contributed by atoms with E-state index in [0.29, 0.717) is 17.4 Å². The van der Waals surface area contributed by atoms with Gasteiger partial charge in [-0.2, -0.15) is 0 Å². The average molecular weight is 182 g/mol. The molecule has 2 rings (SSSR count). The van der Waals surface area contributed by atoms with Crippen molar-refractivity contribution < 1.29 is 4.74 Å². The lowest BCUT2D eigenvalue weighted by molar-refractivity contribution is 0.0449. The highest BCUT2D eigenvalue weighted by atomic mass is 16.5. The van der Waals surface area contributed by atoms with Crippen molar-refractivity contribution >= 4 is 6.02 Å². The molecule has 1 aliphatic heterocycles. The first-order chi connectivity index (χ1) is 6.00. The molecule has 1 saturated carbocycles. The summed E-state index contributed by atoms with van der Waals surface area (Å²) in [6.45, 7) is 7.48. The first-order valence-corrected chi connectivity index (χ1v) is 4.99. The van der Waals surface area contributed by atoms with Gasteiger partial charge in [0.2, 0.25) is 0 Å². The maximum atomic E-state index is 5.69. The second-order valence-corrected chi connectivity index (χ2v) is 4.92. The Bertz CT molecular complexity index is 260. The zero-order valence-corrected chi connectivity index (χ0v) is 8.63. The predicted octanol–water partition coefficient (Wildman–Crippen LogP) is 1.53. The highest BCUT2D eigenvalue weighted by Gasteiger charge is 2.60. The summed E-state index contributed by atoms with van der Waals surface area (Å²) >= 11 is 0. The predicted molar refractivity (Wildman–Crippen MR) is 52.5 cm³/mol. The number of hydrogen-bond acceptors (Lipinski definition) is 3. The monoisotopic (exact) mass is 182 g/mol. The minimum atomic E-state index is -0.0758. The van der Waals surface area contributed by atoms with Crippen LogP contribution < -0.4 is 5.73 Å². The molecular weight excluding hydrogens is 164 g/mol. The summed E-state index contributed by atoms with van der Waals surface area (Å²) in [7, 11) is 0. The zero-order valence-electron chi connectivity index (χ0n) is 8.63. The van der Waals surface area contributed by atoms with Gasteiger partial charge < -0.3 is 10.5 Å². The molecule has 2 N–H and O–H groups in total. The van der Waals surface area contributed by atoms with E-state index in [1.54, 1.807) is 0 Å². The van der Waals surface area contributed by atoms with Gasteiger partial charge in [-0.25, -0.2) is 4.99 Å². The van der Waals surface area contributed by atoms with Crippen LogP contribution in [0.1, 0.15) is 33.6 Å². The van der Waals surface area contributed by atoms with Crippen LogP contribution in [0.4, 0.5) is 0 Å². The Morgan fingerprint density at radius 1 is 1.62 bits per heavy atom. The standard InChI is InChI=1S/C10H18N2O/c1-4-10(6-12-8(11)13-10)7-5-9(7,2)3/h7H,4-6H2,1-3H3,(H2,11,12). The number of nitrogens with two attached hydrogens (primary N) is 1. The van der Waals surface area contributed by atoms with Crippen molar-refractivity contribution in [3.8, 4) is 0 Å². The van der Waals surface area contributed by atoms with Gasteiger partial charge in [-0.1, -0.05) is 20.8 Å². The summed E-state index contributed by atoms with van der Waals surface area (Å²) in [5.74, 6) is 0.634. The Kier molecular flexibility index (Phi) is 1.63. The quantitative estimate of drug-likeness (QED) is 0.704. The number of rotatable bonds is 2. The van der Waals surface area contributed by atoms with E-state index in [-0.39, 0.29) is 5.60 Å². The highest BCUT2D eigenvalue weighted by Crippen LogP contribution is 2.60. The second-order valence-electron chi connectivity index (χ2n) is 4.92. The molecule has 2 aliphatic rings. The summed E-state index contributed by atoms with van der Waals surface area (Å²) < 4.78 is 5.69. The normalized spacial score (nSPS) is 41.2. The third-order valence-electron chi connectivity index (χ3n) is 3.56. The molecule has 0 bridgehead atoms. The van der Waals surface area contributed by atoms with Gasteiger partial charge in [0.1, 0.15) is 5.60 Å². The summed E-state index contributed by atoms with van der Waals surface area (Å²) in [6, 6.07) is 0.379. The van der Waals surface area contributed by atoms with Crippen LogP contribution in [0.5, 0.6) is 0 Å². The molecule has 0 aromatic carbocycles. The number of hydrogen-bond donors (Lipinski definition) is 1. The van der Waals surface area contributed by atoms with Crippen LogP contribution >= 0.6 is 0 Å². The van der Waals surface area contributed by atoms with Gasteiger partial charge in [-0.3, -0.25) is 0 Å². The van der Waals surface area contributed by atoms with E-state index < -0.39 is 0 Å². The molecule has 3 heteroatoms. The third-order valence-corrected chi connectivity index (χ3v) is 3.56. The van der Waals surface area contributed by atoms with Crippen LogP contribution in [0.25, 0.3) is 0 Å². The lowest BCUT2D eigenvalue weighted by Gasteiger charge is -2.28. The van der Waals surface area contributed by atoms with Gasteiger partial charge in [-0.05, 0) is 18.3 Å². The number of nitrogens with zero attached hydrogens (tertiary/aromatic N) is 1. The molecule has 1 fully saturated rings. The largest absolute Gasteiger partial charge is 0.457 e. The van der Waals surface area contributed by atoms with E-state index >= 15 is 0 Å². The van der Waals surface area contributed by atoms with Crippen LogP contribution in [-0.2, 0) is 4.74 Å². The number of aliphatic imine (C=N–C) groups is 1. The molecule has 1 heterocycles. The molecule has 0 aromatic heterocycles. The Labute approximate surface area is 79.4 Å². The fraction of sp³-hybridized carbons (Fsp3) is 0.900. The molecule has 0 saturated heterocycles. The van der Waals surface area contributed by atoms with Gasteiger partial charge in [0.15, 0.2) is 0 Å². The smallest absolute Gasteiger partial charge is 0.282 e. The second kappa shape index (κ2) is 2.40. The molecule has 2 atom stereocenters. The molecule has 0 aromatic rings. The van der Waals surface area contributed by atoms with Crippen molar-refractivity contribution in [3.63, 3.8) is 0 Å². The summed E-state index contributed by atoms with van der Waals surface area (Å²) in [5.41, 5.74) is 5.92. The summed E-state index contributed by atoms with van der Waals surface area (Å²) in [6.07, 6.45) is 2.24. The van der Waals surface area contributed by atoms with Crippen molar-refractivity contribution in [3.05, 3.63) is 0 Å². The van der Waals surface area contributed by atoms with Crippen molar-refractivity contribution in [1.29, 1.82) is 0 Å². The van der Waals surface area contributed by atoms with Gasteiger partial charge >= 0.3 is 0 Å². The summed E-state index contributed by atoms with van der Waals surface area (Å²) in [5, 5.41) is 0. The highest BCUT2D eigenvalue weighted by molar-refractivity contribution is 5.73. The average Bonchev–Trinajstić information content (AvgIpc) is 2.56. The maximum Gasteiger partial charge on any atom is 0.282 e. The number of amidine groups is 1. The Hall–Kier alpha value is -0.730. The van der Waals surface area contributed by atoms with E-state index in [1.165, 1.54) is 6.42 Å². The molecule has 3 nitrogen and oxygen atoms in total. The van der Waals surface area contributed by atoms with E-state index in [4.69, 9.17) is 10.5 Å². The molecule has 74 valence electrons. The minimum absolute atomic E-state index is 0.0758. The van der Waals surface area contributed by atoms with Crippen LogP contribution in [0.15, 0.2) is 4.99 Å². The van der Waals surface area contributed by atoms with Crippen LogP contribution in [-0.4, -0.2) is 18.2 Å². The lowest BCUT2D eigenvalue weighted by atomic mass is 9.90. The number of ether oxygens (including phenoxy) is 1. The van der Waals surface area contributed by atoms with Crippen LogP contribution in [0.3, 0.4) is 0 Å². The third kappa shape index (κ3) is 1.21. The molecule has 1 aliphatic carbocycles. The molecule has 0 amide bonds. The van der Waals surface area contributed by atoms with E-state index in [1.807, 2.05) is 0 Å². The molecule has 13 heavy (non-hydrogen) atoms. The van der Waals surface area contributed by atoms with Crippen molar-refractivity contribution in [2.24, 2.45) is 22.1 Å². The van der Waals surface area contributed by atoms with E-state index in [2.05, 4.69) is 25.8 Å². The topological polar surface area (TPSA) is 47.6 Å². The van der Waals surface area contributed by atoms with Gasteiger partial charge in [0, 0.05) is 5.92 Å². The Morgan fingerprint density at radius 3 is 2.54 bits per heavy atom. The fourth-order valence-corrected chi connectivity index (χ4v) is 2.46. The van der Waals surface area contributed by atoms with E-state index in [9.17, 15) is 0 Å². The molecule has 0 radical (unpaired) electrons. The van der Waals surface area contributed by atoms with Crippen LogP contribution in [0.2, 0.25) is 0 Å². The first-order valence-electron chi connectivity index (χ1n) is 4.99. The van der Waals surface area contributed by atoms with Crippen molar-refractivity contribution in [1.82, 2.24) is 0 Å². The zero-order chi connectivity index (χ0) is 9.69. The van der Waals surface area contributed by atoms with Crippen molar-refractivity contribution in [2.45, 2.75) is 39.2 Å². The van der Waals surface area contributed by atoms with Crippen molar-refractivity contribution in [2.75, 3.05) is 6.54 Å². The first kappa shape index (κ1) is 8.85. The van der Waals surface area contributed by atoms with Gasteiger partial charge in [-0.15, -0.1) is 0 Å². The Morgan fingerprint density at radius 2 is 2.23 bits per heavy atom. The maximum absolute atomic E-state index is 5.69. The van der Waals surface area contributed by atoms with E-state index in [0.717, 1.165) is 13.0 Å². The minimum Gasteiger partial charge on any atom is -0.457 e. The molecular formula is C10H18N2O. The van der Waals surface area contributed by atoms with Crippen LogP contribution in [0, 0.1) is 11.3 Å². The molecule has 0 spiro atoms. The van der Waals surface area contributed by atoms with Gasteiger partial charge in [0.05, 0.1) is 6.54 Å². The summed E-state index contributed by atoms with van der Waals surface area (Å²) in [4.78, 5) is 4.16. The molecule has 2 unspecified atom stereocenters. The fourth-order valence-electron chi connectivity index (χ4n) is 2.46. The van der Waals surface area contributed by atoms with Gasteiger partial charge in [0.25, 0.3) is 6.02 Å². The Balaban J connectivity index is 2.12. The lowest BCUT2D eigenvalue weighted by Crippen LogP contribution is -2.38. The SMILES string of the molecule is CCC1(C2CC2(C)C)CN=C(N)O1.